The second kappa shape index (κ2) is 5.23. The van der Waals surface area contributed by atoms with E-state index in [1.807, 2.05) is 31.2 Å². The molecule has 0 atom stereocenters. The molecule has 0 saturated heterocycles. The topological polar surface area (TPSA) is 52.3 Å². The standard InChI is InChI=1S/C13H12ClNO3/c1-3-17-10-7-5-4-6-9(10)12-11(13(14)16)8(2)18-15-12/h4-7H,3H2,1-2H3. The lowest BCUT2D eigenvalue weighted by Crippen LogP contribution is -1.97. The van der Waals surface area contributed by atoms with Gasteiger partial charge in [0, 0.05) is 5.56 Å². The zero-order valence-electron chi connectivity index (χ0n) is 10.1. The molecular weight excluding hydrogens is 254 g/mol. The number of benzene rings is 1. The number of halogens is 1. The summed E-state index contributed by atoms with van der Waals surface area (Å²) in [4.78, 5) is 11.4. The van der Waals surface area contributed by atoms with Crippen molar-refractivity contribution in [2.75, 3.05) is 6.61 Å². The largest absolute Gasteiger partial charge is 0.493 e. The Morgan fingerprint density at radius 1 is 1.44 bits per heavy atom. The summed E-state index contributed by atoms with van der Waals surface area (Å²) >= 11 is 5.55. The highest BCUT2D eigenvalue weighted by molar-refractivity contribution is 6.68. The fourth-order valence-electron chi connectivity index (χ4n) is 1.73. The highest BCUT2D eigenvalue weighted by Gasteiger charge is 2.22. The van der Waals surface area contributed by atoms with Crippen LogP contribution in [0.4, 0.5) is 0 Å². The van der Waals surface area contributed by atoms with Gasteiger partial charge >= 0.3 is 0 Å². The van der Waals surface area contributed by atoms with Gasteiger partial charge in [0.25, 0.3) is 5.24 Å². The van der Waals surface area contributed by atoms with Gasteiger partial charge in [-0.2, -0.15) is 0 Å². The molecule has 1 aromatic carbocycles. The minimum absolute atomic E-state index is 0.281. The number of ether oxygens (including phenoxy) is 1. The summed E-state index contributed by atoms with van der Waals surface area (Å²) in [6, 6.07) is 7.31. The lowest BCUT2D eigenvalue weighted by atomic mass is 10.1. The van der Waals surface area contributed by atoms with E-state index in [0.717, 1.165) is 0 Å². The van der Waals surface area contributed by atoms with Crippen LogP contribution in [-0.4, -0.2) is 17.0 Å². The van der Waals surface area contributed by atoms with E-state index in [1.54, 1.807) is 6.92 Å². The third kappa shape index (κ3) is 2.24. The van der Waals surface area contributed by atoms with Crippen molar-refractivity contribution in [2.24, 2.45) is 0 Å². The van der Waals surface area contributed by atoms with Crippen molar-refractivity contribution in [2.45, 2.75) is 13.8 Å². The number of nitrogens with zero attached hydrogens (tertiary/aromatic N) is 1. The lowest BCUT2D eigenvalue weighted by Gasteiger charge is -2.07. The van der Waals surface area contributed by atoms with Crippen LogP contribution in [0.3, 0.4) is 0 Å². The van der Waals surface area contributed by atoms with Gasteiger partial charge in [0.2, 0.25) is 0 Å². The molecule has 0 radical (unpaired) electrons. The Morgan fingerprint density at radius 2 is 2.17 bits per heavy atom. The van der Waals surface area contributed by atoms with Crippen molar-refractivity contribution in [3.05, 3.63) is 35.6 Å². The first-order valence-electron chi connectivity index (χ1n) is 5.53. The molecule has 18 heavy (non-hydrogen) atoms. The number of hydrogen-bond acceptors (Lipinski definition) is 4. The predicted molar refractivity (Wildman–Crippen MR) is 68.0 cm³/mol. The quantitative estimate of drug-likeness (QED) is 0.795. The fourth-order valence-corrected chi connectivity index (χ4v) is 1.95. The van der Waals surface area contributed by atoms with E-state index in [-0.39, 0.29) is 5.56 Å². The maximum atomic E-state index is 11.4. The van der Waals surface area contributed by atoms with Crippen LogP contribution < -0.4 is 4.74 Å². The number of hydrogen-bond donors (Lipinski definition) is 0. The van der Waals surface area contributed by atoms with E-state index in [0.29, 0.717) is 29.4 Å². The van der Waals surface area contributed by atoms with Gasteiger partial charge in [-0.1, -0.05) is 17.3 Å². The van der Waals surface area contributed by atoms with Gasteiger partial charge in [0.1, 0.15) is 22.8 Å². The van der Waals surface area contributed by atoms with Crippen LogP contribution in [0.1, 0.15) is 23.0 Å². The summed E-state index contributed by atoms with van der Waals surface area (Å²) in [7, 11) is 0. The minimum Gasteiger partial charge on any atom is -0.493 e. The second-order valence-electron chi connectivity index (χ2n) is 3.67. The molecule has 0 aliphatic rings. The molecule has 1 aromatic heterocycles. The van der Waals surface area contributed by atoms with Crippen LogP contribution in [0.25, 0.3) is 11.3 Å². The number of para-hydroxylation sites is 1. The van der Waals surface area contributed by atoms with Crippen LogP contribution in [0, 0.1) is 6.92 Å². The molecule has 0 saturated carbocycles. The molecule has 0 aliphatic carbocycles. The zero-order chi connectivity index (χ0) is 13.1. The highest BCUT2D eigenvalue weighted by Crippen LogP contribution is 2.33. The molecule has 2 rings (SSSR count). The maximum Gasteiger partial charge on any atom is 0.258 e. The number of carbonyl (C=O) groups is 1. The van der Waals surface area contributed by atoms with Gasteiger partial charge < -0.3 is 9.26 Å². The molecule has 94 valence electrons. The molecule has 0 aliphatic heterocycles. The first-order chi connectivity index (χ1) is 8.65. The van der Waals surface area contributed by atoms with Gasteiger partial charge in [-0.05, 0) is 37.6 Å². The molecule has 0 unspecified atom stereocenters. The zero-order valence-corrected chi connectivity index (χ0v) is 10.8. The first-order valence-corrected chi connectivity index (χ1v) is 5.91. The lowest BCUT2D eigenvalue weighted by molar-refractivity contribution is 0.108. The summed E-state index contributed by atoms with van der Waals surface area (Å²) in [6.07, 6.45) is 0. The van der Waals surface area contributed by atoms with E-state index in [2.05, 4.69) is 5.16 Å². The molecule has 4 nitrogen and oxygen atoms in total. The third-order valence-corrected chi connectivity index (χ3v) is 2.69. The maximum absolute atomic E-state index is 11.4. The van der Waals surface area contributed by atoms with Crippen LogP contribution in [0.5, 0.6) is 5.75 Å². The molecule has 5 heteroatoms. The molecule has 2 aromatic rings. The Labute approximate surface area is 109 Å². The molecule has 0 N–H and O–H groups in total. The Balaban J connectivity index is 2.58. The Kier molecular flexibility index (Phi) is 3.67. The highest BCUT2D eigenvalue weighted by atomic mass is 35.5. The van der Waals surface area contributed by atoms with Crippen molar-refractivity contribution >= 4 is 16.8 Å². The molecular formula is C13H12ClNO3. The SMILES string of the molecule is CCOc1ccccc1-c1noc(C)c1C(=O)Cl. The van der Waals surface area contributed by atoms with Gasteiger partial charge in [0.15, 0.2) is 0 Å². The fraction of sp³-hybridized carbons (Fsp3) is 0.231. The minimum atomic E-state index is -0.588. The second-order valence-corrected chi connectivity index (χ2v) is 4.01. The van der Waals surface area contributed by atoms with Crippen molar-refractivity contribution in [1.82, 2.24) is 5.16 Å². The smallest absolute Gasteiger partial charge is 0.258 e. The van der Waals surface area contributed by atoms with Crippen molar-refractivity contribution < 1.29 is 14.1 Å². The summed E-state index contributed by atoms with van der Waals surface area (Å²) in [6.45, 7) is 4.06. The van der Waals surface area contributed by atoms with Crippen molar-refractivity contribution in [3.8, 4) is 17.0 Å². The van der Waals surface area contributed by atoms with Crippen LogP contribution in [0.2, 0.25) is 0 Å². The van der Waals surface area contributed by atoms with Crippen LogP contribution >= 0.6 is 11.6 Å². The Hall–Kier alpha value is -1.81. The van der Waals surface area contributed by atoms with Gasteiger partial charge in [-0.3, -0.25) is 4.79 Å². The monoisotopic (exact) mass is 265 g/mol. The van der Waals surface area contributed by atoms with Crippen molar-refractivity contribution in [1.29, 1.82) is 0 Å². The summed E-state index contributed by atoms with van der Waals surface area (Å²) < 4.78 is 10.5. The molecule has 1 heterocycles. The average Bonchev–Trinajstić information content (AvgIpc) is 2.72. The first kappa shape index (κ1) is 12.6. The average molecular weight is 266 g/mol. The van der Waals surface area contributed by atoms with Crippen LogP contribution in [-0.2, 0) is 0 Å². The summed E-state index contributed by atoms with van der Waals surface area (Å²) in [5, 5.41) is 3.30. The van der Waals surface area contributed by atoms with Crippen molar-refractivity contribution in [3.63, 3.8) is 0 Å². The van der Waals surface area contributed by atoms with Gasteiger partial charge in [-0.15, -0.1) is 0 Å². The molecule has 0 spiro atoms. The van der Waals surface area contributed by atoms with E-state index in [1.165, 1.54) is 0 Å². The normalized spacial score (nSPS) is 10.4. The summed E-state index contributed by atoms with van der Waals surface area (Å²) in [5.41, 5.74) is 1.39. The van der Waals surface area contributed by atoms with E-state index < -0.39 is 5.24 Å². The summed E-state index contributed by atoms with van der Waals surface area (Å²) in [5.74, 6) is 1.05. The van der Waals surface area contributed by atoms with E-state index >= 15 is 0 Å². The number of aryl methyl sites for hydroxylation is 1. The molecule has 0 fully saturated rings. The Bertz CT molecular complexity index is 577. The number of aromatic nitrogens is 1. The van der Waals surface area contributed by atoms with Gasteiger partial charge in [0.05, 0.1) is 6.61 Å². The Morgan fingerprint density at radius 3 is 2.83 bits per heavy atom. The number of rotatable bonds is 4. The third-order valence-electron chi connectivity index (χ3n) is 2.50. The van der Waals surface area contributed by atoms with Gasteiger partial charge in [-0.25, -0.2) is 0 Å². The molecule has 0 bridgehead atoms. The van der Waals surface area contributed by atoms with Crippen LogP contribution in [0.15, 0.2) is 28.8 Å². The van der Waals surface area contributed by atoms with E-state index in [9.17, 15) is 4.79 Å². The molecule has 0 amide bonds. The predicted octanol–water partition coefficient (Wildman–Crippen LogP) is 3.43. The number of carbonyl (C=O) groups excluding carboxylic acids is 1. The van der Waals surface area contributed by atoms with E-state index in [4.69, 9.17) is 20.9 Å².